The third-order valence-corrected chi connectivity index (χ3v) is 1.85. The van der Waals surface area contributed by atoms with Crippen LogP contribution in [0.4, 0.5) is 0 Å². The number of hydrogen-bond acceptors (Lipinski definition) is 4. The predicted octanol–water partition coefficient (Wildman–Crippen LogP) is 0.663. The number of amides is 1. The van der Waals surface area contributed by atoms with Gasteiger partial charge in [-0.25, -0.2) is 9.78 Å². The SMILES string of the molecule is Cc1cc(C(=O)NS)cnc1C(=O)O. The monoisotopic (exact) mass is 212 g/mol. The smallest absolute Gasteiger partial charge is 0.354 e. The third kappa shape index (κ3) is 2.02. The Morgan fingerprint density at radius 3 is 2.64 bits per heavy atom. The molecule has 0 saturated heterocycles. The van der Waals surface area contributed by atoms with Gasteiger partial charge in [0.05, 0.1) is 5.56 Å². The summed E-state index contributed by atoms with van der Waals surface area (Å²) < 4.78 is 2.13. The number of pyridine rings is 1. The van der Waals surface area contributed by atoms with Crippen molar-refractivity contribution in [3.05, 3.63) is 29.1 Å². The van der Waals surface area contributed by atoms with Crippen molar-refractivity contribution in [2.75, 3.05) is 0 Å². The Labute approximate surface area is 85.7 Å². The van der Waals surface area contributed by atoms with Gasteiger partial charge in [0.15, 0.2) is 5.69 Å². The molecule has 5 nitrogen and oxygen atoms in total. The maximum atomic E-state index is 11.1. The summed E-state index contributed by atoms with van der Waals surface area (Å²) in [5.41, 5.74) is 0.662. The first kappa shape index (κ1) is 10.5. The Morgan fingerprint density at radius 1 is 1.57 bits per heavy atom. The van der Waals surface area contributed by atoms with Crippen LogP contribution in [0.1, 0.15) is 26.4 Å². The Hall–Kier alpha value is -1.56. The molecule has 0 aliphatic carbocycles. The molecule has 1 aromatic heterocycles. The molecule has 0 aliphatic rings. The zero-order chi connectivity index (χ0) is 10.7. The first-order chi connectivity index (χ1) is 6.56. The highest BCUT2D eigenvalue weighted by Crippen LogP contribution is 2.07. The molecule has 0 spiro atoms. The minimum Gasteiger partial charge on any atom is -0.477 e. The molecule has 74 valence electrons. The topological polar surface area (TPSA) is 79.3 Å². The van der Waals surface area contributed by atoms with Crippen molar-refractivity contribution in [2.24, 2.45) is 0 Å². The summed E-state index contributed by atoms with van der Waals surface area (Å²) >= 11 is 3.58. The molecule has 0 atom stereocenters. The second-order valence-electron chi connectivity index (χ2n) is 2.64. The quantitative estimate of drug-likeness (QED) is 0.629. The molecule has 1 heterocycles. The van der Waals surface area contributed by atoms with Crippen LogP contribution >= 0.6 is 12.8 Å². The van der Waals surface area contributed by atoms with Crippen LogP contribution in [0.5, 0.6) is 0 Å². The molecule has 0 aromatic carbocycles. The lowest BCUT2D eigenvalue weighted by molar-refractivity contribution is 0.0689. The molecule has 1 aromatic rings. The van der Waals surface area contributed by atoms with Gasteiger partial charge in [0, 0.05) is 6.20 Å². The van der Waals surface area contributed by atoms with Gasteiger partial charge in [-0.2, -0.15) is 0 Å². The van der Waals surface area contributed by atoms with Gasteiger partial charge in [0.2, 0.25) is 0 Å². The van der Waals surface area contributed by atoms with Gasteiger partial charge in [-0.05, 0) is 18.6 Å². The summed E-state index contributed by atoms with van der Waals surface area (Å²) in [4.78, 5) is 25.3. The molecule has 1 amide bonds. The number of hydrogen-bond donors (Lipinski definition) is 3. The lowest BCUT2D eigenvalue weighted by Gasteiger charge is -2.02. The van der Waals surface area contributed by atoms with Gasteiger partial charge < -0.3 is 5.11 Å². The summed E-state index contributed by atoms with van der Waals surface area (Å²) in [6.45, 7) is 1.58. The van der Waals surface area contributed by atoms with E-state index < -0.39 is 11.9 Å². The van der Waals surface area contributed by atoms with Crippen LogP contribution in [0.3, 0.4) is 0 Å². The largest absolute Gasteiger partial charge is 0.477 e. The standard InChI is InChI=1S/C8H8N2O3S/c1-4-2-5(7(11)10-14)3-9-6(4)8(12)13/h2-3,14H,1H3,(H,10,11)(H,12,13). The Kier molecular flexibility index (Phi) is 3.08. The van der Waals surface area contributed by atoms with E-state index in [9.17, 15) is 9.59 Å². The Morgan fingerprint density at radius 2 is 2.21 bits per heavy atom. The summed E-state index contributed by atoms with van der Waals surface area (Å²) in [7, 11) is 0. The average molecular weight is 212 g/mol. The van der Waals surface area contributed by atoms with E-state index in [-0.39, 0.29) is 11.3 Å². The molecule has 0 unspecified atom stereocenters. The maximum absolute atomic E-state index is 11.1. The van der Waals surface area contributed by atoms with Crippen molar-refractivity contribution in [3.8, 4) is 0 Å². The van der Waals surface area contributed by atoms with Crippen LogP contribution in [0.25, 0.3) is 0 Å². The van der Waals surface area contributed by atoms with Gasteiger partial charge in [0.1, 0.15) is 0 Å². The number of nitrogens with zero attached hydrogens (tertiary/aromatic N) is 1. The lowest BCUT2D eigenvalue weighted by Crippen LogP contribution is -2.14. The molecule has 6 heteroatoms. The van der Waals surface area contributed by atoms with Gasteiger partial charge >= 0.3 is 5.97 Å². The minimum absolute atomic E-state index is 0.0549. The van der Waals surface area contributed by atoms with E-state index in [0.717, 1.165) is 0 Å². The Balaban J connectivity index is 3.12. The fourth-order valence-electron chi connectivity index (χ4n) is 0.987. The number of aryl methyl sites for hydroxylation is 1. The van der Waals surface area contributed by atoms with E-state index in [1.165, 1.54) is 12.3 Å². The number of aromatic nitrogens is 1. The summed E-state index contributed by atoms with van der Waals surface area (Å²) in [6.07, 6.45) is 1.20. The van der Waals surface area contributed by atoms with Crippen molar-refractivity contribution in [1.29, 1.82) is 0 Å². The number of carboxylic acids is 1. The van der Waals surface area contributed by atoms with E-state index in [0.29, 0.717) is 5.56 Å². The molecule has 0 fully saturated rings. The van der Waals surface area contributed by atoms with Gasteiger partial charge in [0.25, 0.3) is 5.91 Å². The maximum Gasteiger partial charge on any atom is 0.354 e. The van der Waals surface area contributed by atoms with Crippen LogP contribution < -0.4 is 4.72 Å². The highest BCUT2D eigenvalue weighted by molar-refractivity contribution is 7.78. The molecule has 14 heavy (non-hydrogen) atoms. The van der Waals surface area contributed by atoms with Gasteiger partial charge in [-0.1, -0.05) is 12.8 Å². The number of carboxylic acid groups (broad SMARTS) is 1. The number of rotatable bonds is 2. The van der Waals surface area contributed by atoms with Crippen molar-refractivity contribution in [3.63, 3.8) is 0 Å². The fourth-order valence-corrected chi connectivity index (χ4v) is 1.12. The van der Waals surface area contributed by atoms with E-state index in [1.807, 2.05) is 0 Å². The van der Waals surface area contributed by atoms with E-state index >= 15 is 0 Å². The molecule has 0 aliphatic heterocycles. The molecular weight excluding hydrogens is 204 g/mol. The zero-order valence-electron chi connectivity index (χ0n) is 7.31. The third-order valence-electron chi connectivity index (χ3n) is 1.64. The molecule has 1 rings (SSSR count). The second kappa shape index (κ2) is 4.10. The molecule has 0 saturated carbocycles. The average Bonchev–Trinajstić information content (AvgIpc) is 2.15. The summed E-state index contributed by atoms with van der Waals surface area (Å²) in [5, 5.41) is 8.67. The lowest BCUT2D eigenvalue weighted by atomic mass is 10.1. The van der Waals surface area contributed by atoms with Gasteiger partial charge in [-0.3, -0.25) is 9.52 Å². The number of thiol groups is 1. The fraction of sp³-hybridized carbons (Fsp3) is 0.125. The number of carbonyl (C=O) groups is 2. The number of nitrogens with one attached hydrogen (secondary N) is 1. The summed E-state index contributed by atoms with van der Waals surface area (Å²) in [6, 6.07) is 1.45. The van der Waals surface area contributed by atoms with E-state index in [2.05, 4.69) is 22.5 Å². The Bertz CT molecular complexity index is 392. The molecule has 0 radical (unpaired) electrons. The van der Waals surface area contributed by atoms with Crippen LogP contribution in [0.15, 0.2) is 12.3 Å². The normalized spacial score (nSPS) is 9.57. The van der Waals surface area contributed by atoms with Crippen LogP contribution in [0.2, 0.25) is 0 Å². The molecule has 2 N–H and O–H groups in total. The van der Waals surface area contributed by atoms with E-state index in [1.54, 1.807) is 6.92 Å². The molecular formula is C8H8N2O3S. The highest BCUT2D eigenvalue weighted by atomic mass is 32.1. The van der Waals surface area contributed by atoms with E-state index in [4.69, 9.17) is 5.11 Å². The van der Waals surface area contributed by atoms with Crippen LogP contribution in [0, 0.1) is 6.92 Å². The van der Waals surface area contributed by atoms with Crippen molar-refractivity contribution >= 4 is 24.7 Å². The minimum atomic E-state index is -1.11. The summed E-state index contributed by atoms with van der Waals surface area (Å²) in [5.74, 6) is -1.53. The predicted molar refractivity (Wildman–Crippen MR) is 52.4 cm³/mol. The van der Waals surface area contributed by atoms with Crippen molar-refractivity contribution < 1.29 is 14.7 Å². The van der Waals surface area contributed by atoms with Crippen LogP contribution in [-0.4, -0.2) is 22.0 Å². The zero-order valence-corrected chi connectivity index (χ0v) is 8.21. The first-order valence-electron chi connectivity index (χ1n) is 3.70. The van der Waals surface area contributed by atoms with Crippen molar-refractivity contribution in [2.45, 2.75) is 6.92 Å². The first-order valence-corrected chi connectivity index (χ1v) is 4.15. The molecule has 0 bridgehead atoms. The van der Waals surface area contributed by atoms with Crippen LogP contribution in [-0.2, 0) is 0 Å². The van der Waals surface area contributed by atoms with Crippen molar-refractivity contribution in [1.82, 2.24) is 9.71 Å². The number of carbonyl (C=O) groups excluding carboxylic acids is 1. The van der Waals surface area contributed by atoms with Gasteiger partial charge in [-0.15, -0.1) is 0 Å². The highest BCUT2D eigenvalue weighted by Gasteiger charge is 2.11. The second-order valence-corrected chi connectivity index (χ2v) is 2.86. The number of aromatic carboxylic acids is 1.